The molecule has 0 aromatic heterocycles. The van der Waals surface area contributed by atoms with Gasteiger partial charge in [0.1, 0.15) is 5.94 Å². The van der Waals surface area contributed by atoms with Crippen LogP contribution in [0.2, 0.25) is 0 Å². The SMILES string of the molecule is Cl.O=C=C1CCCCN1. The van der Waals surface area contributed by atoms with Crippen molar-refractivity contribution < 1.29 is 4.79 Å². The average molecular weight is 148 g/mol. The van der Waals surface area contributed by atoms with Crippen molar-refractivity contribution in [2.24, 2.45) is 0 Å². The average Bonchev–Trinajstić information content (AvgIpc) is 1.90. The van der Waals surface area contributed by atoms with Crippen molar-refractivity contribution in [2.75, 3.05) is 6.54 Å². The molecular weight excluding hydrogens is 138 g/mol. The molecule has 0 unspecified atom stereocenters. The third-order valence-corrected chi connectivity index (χ3v) is 1.32. The zero-order valence-corrected chi connectivity index (χ0v) is 5.96. The first-order valence-electron chi connectivity index (χ1n) is 2.91. The van der Waals surface area contributed by atoms with Gasteiger partial charge < -0.3 is 5.32 Å². The van der Waals surface area contributed by atoms with Gasteiger partial charge in [-0.15, -0.1) is 12.4 Å². The maximum absolute atomic E-state index is 9.94. The number of nitrogens with one attached hydrogen (secondary N) is 1. The van der Waals surface area contributed by atoms with E-state index in [0.717, 1.165) is 25.1 Å². The molecule has 0 aromatic rings. The number of hydrogen-bond acceptors (Lipinski definition) is 2. The first-order valence-corrected chi connectivity index (χ1v) is 2.91. The topological polar surface area (TPSA) is 29.1 Å². The molecule has 0 radical (unpaired) electrons. The summed E-state index contributed by atoms with van der Waals surface area (Å²) in [6, 6.07) is 0. The summed E-state index contributed by atoms with van der Waals surface area (Å²) in [7, 11) is 0. The van der Waals surface area contributed by atoms with Gasteiger partial charge in [-0.25, -0.2) is 4.79 Å². The second-order valence-corrected chi connectivity index (χ2v) is 1.96. The van der Waals surface area contributed by atoms with Gasteiger partial charge in [-0.05, 0) is 19.3 Å². The maximum Gasteiger partial charge on any atom is 0.145 e. The summed E-state index contributed by atoms with van der Waals surface area (Å²) in [5, 5.41) is 2.96. The van der Waals surface area contributed by atoms with Crippen LogP contribution in [-0.2, 0) is 4.79 Å². The molecule has 0 aliphatic carbocycles. The van der Waals surface area contributed by atoms with Gasteiger partial charge in [0, 0.05) is 6.54 Å². The van der Waals surface area contributed by atoms with Crippen LogP contribution in [0.25, 0.3) is 0 Å². The second-order valence-electron chi connectivity index (χ2n) is 1.96. The zero-order valence-electron chi connectivity index (χ0n) is 5.14. The van der Waals surface area contributed by atoms with E-state index in [1.54, 1.807) is 0 Å². The number of hydrogen-bond donors (Lipinski definition) is 1. The van der Waals surface area contributed by atoms with Crippen molar-refractivity contribution in [1.82, 2.24) is 5.32 Å². The van der Waals surface area contributed by atoms with Gasteiger partial charge in [0.15, 0.2) is 0 Å². The van der Waals surface area contributed by atoms with E-state index in [2.05, 4.69) is 5.32 Å². The van der Waals surface area contributed by atoms with Crippen molar-refractivity contribution >= 4 is 18.3 Å². The van der Waals surface area contributed by atoms with Crippen LogP contribution in [0.3, 0.4) is 0 Å². The normalized spacial score (nSPS) is 17.1. The van der Waals surface area contributed by atoms with Gasteiger partial charge in [-0.1, -0.05) is 0 Å². The monoisotopic (exact) mass is 147 g/mol. The highest BCUT2D eigenvalue weighted by molar-refractivity contribution is 5.85. The highest BCUT2D eigenvalue weighted by Gasteiger charge is 2.02. The number of allylic oxidation sites excluding steroid dienone is 1. The standard InChI is InChI=1S/C6H9NO.ClH/c8-5-6-3-1-2-4-7-6;/h7H,1-4H2;1H. The smallest absolute Gasteiger partial charge is 0.145 e. The van der Waals surface area contributed by atoms with E-state index in [1.807, 2.05) is 5.94 Å². The molecule has 3 heteroatoms. The summed E-state index contributed by atoms with van der Waals surface area (Å²) in [4.78, 5) is 9.94. The Bertz CT molecular complexity index is 121. The van der Waals surface area contributed by atoms with Gasteiger partial charge in [0.2, 0.25) is 0 Å². The van der Waals surface area contributed by atoms with Crippen LogP contribution in [0.1, 0.15) is 19.3 Å². The van der Waals surface area contributed by atoms with Gasteiger partial charge in [0.05, 0.1) is 5.70 Å². The van der Waals surface area contributed by atoms with E-state index in [-0.39, 0.29) is 12.4 Å². The van der Waals surface area contributed by atoms with E-state index < -0.39 is 0 Å². The Morgan fingerprint density at radius 1 is 1.44 bits per heavy atom. The molecule has 1 aliphatic rings. The molecule has 0 spiro atoms. The van der Waals surface area contributed by atoms with Crippen LogP contribution in [0.15, 0.2) is 5.70 Å². The van der Waals surface area contributed by atoms with Crippen molar-refractivity contribution in [2.45, 2.75) is 19.3 Å². The van der Waals surface area contributed by atoms with Crippen LogP contribution in [-0.4, -0.2) is 12.5 Å². The summed E-state index contributed by atoms with van der Waals surface area (Å²) in [5.41, 5.74) is 0.747. The quantitative estimate of drug-likeness (QED) is 0.516. The minimum Gasteiger partial charge on any atom is -0.379 e. The fraction of sp³-hybridized carbons (Fsp3) is 0.667. The summed E-state index contributed by atoms with van der Waals surface area (Å²) >= 11 is 0. The Balaban J connectivity index is 0.000000640. The number of piperidine rings is 1. The lowest BCUT2D eigenvalue weighted by atomic mass is 10.1. The lowest BCUT2D eigenvalue weighted by Gasteiger charge is -2.11. The van der Waals surface area contributed by atoms with Crippen LogP contribution in [0.4, 0.5) is 0 Å². The zero-order chi connectivity index (χ0) is 5.82. The first kappa shape index (κ1) is 8.54. The Morgan fingerprint density at radius 2 is 2.22 bits per heavy atom. The Kier molecular flexibility index (Phi) is 4.20. The minimum absolute atomic E-state index is 0. The van der Waals surface area contributed by atoms with Crippen molar-refractivity contribution in [3.63, 3.8) is 0 Å². The van der Waals surface area contributed by atoms with Crippen LogP contribution in [0.5, 0.6) is 0 Å². The van der Waals surface area contributed by atoms with Crippen LogP contribution in [0, 0.1) is 0 Å². The Hall–Kier alpha value is -0.460. The summed E-state index contributed by atoms with van der Waals surface area (Å²) in [5.74, 6) is 1.86. The largest absolute Gasteiger partial charge is 0.379 e. The van der Waals surface area contributed by atoms with Gasteiger partial charge in [0.25, 0.3) is 0 Å². The molecule has 0 aromatic carbocycles. The molecule has 1 fully saturated rings. The molecule has 52 valence electrons. The first-order chi connectivity index (χ1) is 3.93. The predicted molar refractivity (Wildman–Crippen MR) is 38.3 cm³/mol. The lowest BCUT2D eigenvalue weighted by Crippen LogP contribution is -2.19. The molecule has 1 saturated heterocycles. The second kappa shape index (κ2) is 4.42. The van der Waals surface area contributed by atoms with Crippen molar-refractivity contribution in [1.29, 1.82) is 0 Å². The molecule has 1 heterocycles. The number of rotatable bonds is 0. The summed E-state index contributed by atoms with van der Waals surface area (Å²) in [6.07, 6.45) is 3.21. The molecule has 0 saturated carbocycles. The summed E-state index contributed by atoms with van der Waals surface area (Å²) < 4.78 is 0. The number of carbonyl (C=O) groups excluding carboxylic acids is 1. The lowest BCUT2D eigenvalue weighted by molar-refractivity contribution is 0.547. The van der Waals surface area contributed by atoms with Gasteiger partial charge in [-0.3, -0.25) is 0 Å². The van der Waals surface area contributed by atoms with E-state index >= 15 is 0 Å². The van der Waals surface area contributed by atoms with Crippen molar-refractivity contribution in [3.05, 3.63) is 5.70 Å². The fourth-order valence-corrected chi connectivity index (χ4v) is 0.842. The summed E-state index contributed by atoms with van der Waals surface area (Å²) in [6.45, 7) is 0.949. The highest BCUT2D eigenvalue weighted by atomic mass is 35.5. The Labute approximate surface area is 60.7 Å². The molecule has 2 nitrogen and oxygen atoms in total. The van der Waals surface area contributed by atoms with Gasteiger partial charge in [-0.2, -0.15) is 0 Å². The highest BCUT2D eigenvalue weighted by Crippen LogP contribution is 2.05. The van der Waals surface area contributed by atoms with E-state index in [9.17, 15) is 4.79 Å². The third kappa shape index (κ3) is 2.54. The molecule has 9 heavy (non-hydrogen) atoms. The maximum atomic E-state index is 9.94. The van der Waals surface area contributed by atoms with E-state index in [1.165, 1.54) is 6.42 Å². The van der Waals surface area contributed by atoms with Crippen LogP contribution < -0.4 is 5.32 Å². The molecular formula is C6H10ClNO. The fourth-order valence-electron chi connectivity index (χ4n) is 0.842. The third-order valence-electron chi connectivity index (χ3n) is 1.32. The molecule has 1 N–H and O–H groups in total. The van der Waals surface area contributed by atoms with Gasteiger partial charge >= 0.3 is 0 Å². The molecule has 1 aliphatic heterocycles. The minimum atomic E-state index is 0. The van der Waals surface area contributed by atoms with E-state index in [4.69, 9.17) is 0 Å². The predicted octanol–water partition coefficient (Wildman–Crippen LogP) is 0.897. The van der Waals surface area contributed by atoms with E-state index in [0.29, 0.717) is 0 Å². The molecule has 0 atom stereocenters. The molecule has 0 amide bonds. The Morgan fingerprint density at radius 3 is 2.56 bits per heavy atom. The van der Waals surface area contributed by atoms with Crippen LogP contribution >= 0.6 is 12.4 Å². The van der Waals surface area contributed by atoms with Crippen molar-refractivity contribution in [3.8, 4) is 0 Å². The molecule has 0 bridgehead atoms. The molecule has 1 rings (SSSR count). The number of halogens is 1.